The molecule has 294 valence electrons. The highest BCUT2D eigenvalue weighted by atomic mass is 28.4. The van der Waals surface area contributed by atoms with Gasteiger partial charge in [0, 0.05) is 49.4 Å². The second-order valence-electron chi connectivity index (χ2n) is 17.4. The van der Waals surface area contributed by atoms with Crippen LogP contribution in [-0.4, -0.2) is 110 Å². The summed E-state index contributed by atoms with van der Waals surface area (Å²) >= 11 is 0. The molecule has 0 spiro atoms. The molecule has 0 bridgehead atoms. The first-order valence-electron chi connectivity index (χ1n) is 19.4. The van der Waals surface area contributed by atoms with Crippen LogP contribution in [-0.2, 0) is 26.9 Å². The smallest absolute Gasteiger partial charge is 0.410 e. The Kier molecular flexibility index (Phi) is 11.5. The highest BCUT2D eigenvalue weighted by Gasteiger charge is 2.46. The van der Waals surface area contributed by atoms with Crippen LogP contribution in [0.25, 0.3) is 15.6 Å². The Labute approximate surface area is 327 Å². The van der Waals surface area contributed by atoms with E-state index in [0.29, 0.717) is 45.6 Å². The van der Waals surface area contributed by atoms with E-state index in [0.717, 1.165) is 29.3 Å². The van der Waals surface area contributed by atoms with E-state index in [2.05, 4.69) is 97.6 Å². The number of piperazine rings is 1. The predicted octanol–water partition coefficient (Wildman–Crippen LogP) is 7.09. The van der Waals surface area contributed by atoms with Crippen molar-refractivity contribution in [2.45, 2.75) is 103 Å². The van der Waals surface area contributed by atoms with Crippen molar-refractivity contribution in [3.63, 3.8) is 0 Å². The average molecular weight is 768 g/mol. The number of hydrogen-bond acceptors (Lipinski definition) is 9. The van der Waals surface area contributed by atoms with Crippen LogP contribution in [0.3, 0.4) is 0 Å². The first kappa shape index (κ1) is 40.0. The van der Waals surface area contributed by atoms with E-state index in [1.54, 1.807) is 9.80 Å². The number of nitrogens with zero attached hydrogens (tertiary/aromatic N) is 7. The molecule has 3 aliphatic heterocycles. The van der Waals surface area contributed by atoms with Gasteiger partial charge in [0.2, 0.25) is 12.5 Å². The van der Waals surface area contributed by atoms with Crippen molar-refractivity contribution in [2.75, 3.05) is 55.7 Å². The topological polar surface area (TPSA) is 105 Å². The first-order chi connectivity index (χ1) is 26.0. The van der Waals surface area contributed by atoms with E-state index in [1.807, 2.05) is 20.8 Å². The molecule has 2 saturated heterocycles. The number of amides is 2. The Morgan fingerprint density at radius 1 is 0.982 bits per heavy atom. The number of carbonyl (C=O) groups excluding carboxylic acids is 2. The molecule has 12 nitrogen and oxygen atoms in total. The predicted molar refractivity (Wildman–Crippen MR) is 219 cm³/mol. The van der Waals surface area contributed by atoms with Crippen LogP contribution < -0.4 is 14.5 Å². The van der Waals surface area contributed by atoms with Crippen LogP contribution in [0, 0.1) is 6.57 Å². The van der Waals surface area contributed by atoms with Crippen LogP contribution in [0.2, 0.25) is 18.1 Å². The summed E-state index contributed by atoms with van der Waals surface area (Å²) in [6.07, 6.45) is 2.07. The summed E-state index contributed by atoms with van der Waals surface area (Å²) < 4.78 is 19.4. The molecule has 6 rings (SSSR count). The highest BCUT2D eigenvalue weighted by Crippen LogP contribution is 2.40. The average Bonchev–Trinajstić information content (AvgIpc) is 3.53. The van der Waals surface area contributed by atoms with Crippen LogP contribution in [0.1, 0.15) is 59.2 Å². The maximum absolute atomic E-state index is 13.6. The van der Waals surface area contributed by atoms with Crippen molar-refractivity contribution >= 4 is 42.6 Å². The fourth-order valence-electron chi connectivity index (χ4n) is 7.54. The third-order valence-electron chi connectivity index (χ3n) is 11.4. The van der Waals surface area contributed by atoms with Gasteiger partial charge in [-0.15, -0.1) is 0 Å². The van der Waals surface area contributed by atoms with Crippen LogP contribution in [0.5, 0.6) is 6.01 Å². The summed E-state index contributed by atoms with van der Waals surface area (Å²) in [5, 5.41) is 2.34. The van der Waals surface area contributed by atoms with Gasteiger partial charge in [0.05, 0.1) is 24.4 Å². The van der Waals surface area contributed by atoms with Gasteiger partial charge in [-0.25, -0.2) is 11.4 Å². The lowest BCUT2D eigenvalue weighted by atomic mass is 10.0. The van der Waals surface area contributed by atoms with Gasteiger partial charge < -0.3 is 33.4 Å². The Morgan fingerprint density at radius 2 is 1.73 bits per heavy atom. The highest BCUT2D eigenvalue weighted by molar-refractivity contribution is 6.74. The van der Waals surface area contributed by atoms with Gasteiger partial charge in [-0.1, -0.05) is 63.7 Å². The largest absolute Gasteiger partial charge is 0.461 e. The molecule has 4 heterocycles. The fourth-order valence-corrected chi connectivity index (χ4v) is 8.93. The molecule has 1 aromatic heterocycles. The number of anilines is 2. The van der Waals surface area contributed by atoms with E-state index in [1.165, 1.54) is 16.8 Å². The van der Waals surface area contributed by atoms with Gasteiger partial charge in [0.25, 0.3) is 0 Å². The lowest BCUT2D eigenvalue weighted by Crippen LogP contribution is -2.56. The minimum Gasteiger partial charge on any atom is -0.461 e. The lowest BCUT2D eigenvalue weighted by Gasteiger charge is -2.41. The lowest BCUT2D eigenvalue weighted by molar-refractivity contribution is -0.128. The molecule has 0 unspecified atom stereocenters. The first-order valence-corrected chi connectivity index (χ1v) is 22.3. The number of carbonyl (C=O) groups is 2. The Morgan fingerprint density at radius 3 is 2.44 bits per heavy atom. The minimum absolute atomic E-state index is 0.0182. The summed E-state index contributed by atoms with van der Waals surface area (Å²) in [4.78, 5) is 48.2. The van der Waals surface area contributed by atoms with Crippen molar-refractivity contribution in [3.05, 3.63) is 77.8 Å². The molecular weight excluding hydrogens is 711 g/mol. The zero-order valence-corrected chi connectivity index (χ0v) is 34.8. The van der Waals surface area contributed by atoms with E-state index in [4.69, 9.17) is 30.4 Å². The maximum Gasteiger partial charge on any atom is 0.410 e. The quantitative estimate of drug-likeness (QED) is 0.128. The van der Waals surface area contributed by atoms with Crippen molar-refractivity contribution in [1.82, 2.24) is 19.8 Å². The van der Waals surface area contributed by atoms with Gasteiger partial charge in [-0.2, -0.15) is 9.97 Å². The molecule has 2 fully saturated rings. The summed E-state index contributed by atoms with van der Waals surface area (Å²) in [5.74, 6) is 0.594. The van der Waals surface area contributed by atoms with E-state index in [-0.39, 0.29) is 42.3 Å². The Hall–Kier alpha value is -4.67. The van der Waals surface area contributed by atoms with Gasteiger partial charge in [-0.3, -0.25) is 9.69 Å². The number of hydrogen-bond donors (Lipinski definition) is 0. The monoisotopic (exact) mass is 767 g/mol. The number of benzene rings is 2. The van der Waals surface area contributed by atoms with E-state index >= 15 is 0 Å². The van der Waals surface area contributed by atoms with Crippen molar-refractivity contribution in [3.8, 4) is 6.01 Å². The third-order valence-corrected chi connectivity index (χ3v) is 15.9. The number of rotatable bonds is 9. The minimum atomic E-state index is -2.20. The molecule has 0 saturated carbocycles. The third kappa shape index (κ3) is 8.76. The molecular formula is C42H57N7O5Si. The molecule has 2 aromatic carbocycles. The van der Waals surface area contributed by atoms with Crippen LogP contribution in [0.15, 0.2) is 55.1 Å². The summed E-state index contributed by atoms with van der Waals surface area (Å²) in [6.45, 7) is 31.6. The number of fused-ring (bicyclic) bond motifs is 2. The van der Waals surface area contributed by atoms with Crippen molar-refractivity contribution in [1.29, 1.82) is 0 Å². The van der Waals surface area contributed by atoms with E-state index < -0.39 is 26.1 Å². The number of aromatic nitrogens is 2. The number of ether oxygens (including phenoxy) is 2. The molecule has 3 aromatic rings. The molecule has 0 radical (unpaired) electrons. The zero-order valence-electron chi connectivity index (χ0n) is 33.8. The van der Waals surface area contributed by atoms with Gasteiger partial charge >= 0.3 is 12.1 Å². The second-order valence-corrected chi connectivity index (χ2v) is 22.1. The molecule has 0 aliphatic carbocycles. The standard InChI is InChI=1S/C42H57N7O5Si/c1-11-37(50)48-24-23-47(26-30(48)25-43-8)38-32-19-21-46(34-18-14-16-29-15-12-13-17-31(29)34)27-33(32)44-39(45-38)52-28-35-36(54-55(9,10)42(5,6)7)20-22-49(35)40(51)53-41(2,3)4/h11-18,30,35-36H,1,19-28H2,2-7,9-10H3/t30-,35+,36-/m0/s1. The Bertz CT molecular complexity index is 1950. The normalized spacial score (nSPS) is 20.6. The fraction of sp³-hybridized carbons (Fsp3) is 0.548. The molecule has 0 N–H and O–H groups in total. The van der Waals surface area contributed by atoms with Crippen LogP contribution in [0.4, 0.5) is 16.3 Å². The maximum atomic E-state index is 13.6. The molecule has 55 heavy (non-hydrogen) atoms. The van der Waals surface area contributed by atoms with Gasteiger partial charge in [0.15, 0.2) is 8.32 Å². The van der Waals surface area contributed by atoms with E-state index in [9.17, 15) is 9.59 Å². The summed E-state index contributed by atoms with van der Waals surface area (Å²) in [6, 6.07) is 14.3. The van der Waals surface area contributed by atoms with Crippen LogP contribution >= 0.6 is 0 Å². The molecule has 13 heteroatoms. The zero-order chi connectivity index (χ0) is 39.7. The number of likely N-dealkylation sites (tertiary alicyclic amines) is 1. The van der Waals surface area contributed by atoms with Crippen molar-refractivity contribution in [2.24, 2.45) is 0 Å². The van der Waals surface area contributed by atoms with Crippen molar-refractivity contribution < 1.29 is 23.5 Å². The van der Waals surface area contributed by atoms with Gasteiger partial charge in [0.1, 0.15) is 24.1 Å². The molecule has 3 atom stereocenters. The second kappa shape index (κ2) is 15.8. The summed E-state index contributed by atoms with van der Waals surface area (Å²) in [5.41, 5.74) is 2.41. The van der Waals surface area contributed by atoms with Gasteiger partial charge in [-0.05, 0) is 69.3 Å². The Balaban J connectivity index is 1.35. The molecule has 2 amide bonds. The SMILES string of the molecule is [C-]#[N+]C[C@H]1CN(c2nc(OC[C@@H]3[C@@H](O[Si](C)(C)C(C)(C)C)CCN3C(=O)OC(C)(C)C)nc3c2CCN(c2cccc4ccccc24)C3)CCN1C(=O)C=C. The molecule has 3 aliphatic rings. The summed E-state index contributed by atoms with van der Waals surface area (Å²) in [7, 11) is -2.20.